The van der Waals surface area contributed by atoms with E-state index in [9.17, 15) is 4.79 Å². The number of halogens is 2. The van der Waals surface area contributed by atoms with Crippen molar-refractivity contribution >= 4 is 51.3 Å². The summed E-state index contributed by atoms with van der Waals surface area (Å²) in [6, 6.07) is 11.7. The van der Waals surface area contributed by atoms with Gasteiger partial charge in [0.1, 0.15) is 0 Å². The van der Waals surface area contributed by atoms with E-state index < -0.39 is 5.97 Å². The van der Waals surface area contributed by atoms with E-state index in [1.54, 1.807) is 24.3 Å². The zero-order valence-corrected chi connectivity index (χ0v) is 13.9. The number of anilines is 2. The molecule has 2 aromatic carbocycles. The number of aromatic nitrogens is 1. The topological polar surface area (TPSA) is 62.2 Å². The zero-order valence-electron chi connectivity index (χ0n) is 11.6. The second-order valence-electron chi connectivity index (χ2n) is 4.67. The standard InChI is InChI=1S/C16H10Cl2N2O2S/c17-10-3-6-12(13(18)7-10)14-8-23-16(20-14)19-11-4-1-9(2-5-11)15(21)22/h1-8H,(H,19,20)(H,21,22). The maximum atomic E-state index is 10.8. The third kappa shape index (κ3) is 3.64. The van der Waals surface area contributed by atoms with Gasteiger partial charge in [0.25, 0.3) is 0 Å². The molecule has 0 aliphatic heterocycles. The molecule has 0 fully saturated rings. The largest absolute Gasteiger partial charge is 0.478 e. The molecule has 116 valence electrons. The second kappa shape index (κ2) is 6.58. The van der Waals surface area contributed by atoms with Gasteiger partial charge >= 0.3 is 5.97 Å². The average Bonchev–Trinajstić information content (AvgIpc) is 2.96. The van der Waals surface area contributed by atoms with Crippen LogP contribution in [0.25, 0.3) is 11.3 Å². The highest BCUT2D eigenvalue weighted by atomic mass is 35.5. The van der Waals surface area contributed by atoms with Crippen molar-refractivity contribution in [3.63, 3.8) is 0 Å². The van der Waals surface area contributed by atoms with Crippen molar-refractivity contribution < 1.29 is 9.90 Å². The van der Waals surface area contributed by atoms with Crippen molar-refractivity contribution in [3.8, 4) is 11.3 Å². The Kier molecular flexibility index (Phi) is 4.52. The van der Waals surface area contributed by atoms with Crippen LogP contribution in [0.15, 0.2) is 47.8 Å². The summed E-state index contributed by atoms with van der Waals surface area (Å²) in [5, 5.41) is 15.7. The molecule has 0 amide bonds. The first-order valence-electron chi connectivity index (χ1n) is 6.54. The van der Waals surface area contributed by atoms with Crippen molar-refractivity contribution in [2.45, 2.75) is 0 Å². The number of carboxylic acid groups (broad SMARTS) is 1. The van der Waals surface area contributed by atoms with Gasteiger partial charge in [-0.15, -0.1) is 11.3 Å². The number of nitrogens with zero attached hydrogens (tertiary/aromatic N) is 1. The van der Waals surface area contributed by atoms with Gasteiger partial charge in [0.05, 0.1) is 16.3 Å². The summed E-state index contributed by atoms with van der Waals surface area (Å²) in [4.78, 5) is 15.3. The van der Waals surface area contributed by atoms with E-state index in [4.69, 9.17) is 28.3 Å². The van der Waals surface area contributed by atoms with E-state index in [2.05, 4.69) is 10.3 Å². The molecule has 4 nitrogen and oxygen atoms in total. The van der Waals surface area contributed by atoms with Crippen LogP contribution in [0.1, 0.15) is 10.4 Å². The second-order valence-corrected chi connectivity index (χ2v) is 6.37. The Morgan fingerprint density at radius 1 is 1.13 bits per heavy atom. The lowest BCUT2D eigenvalue weighted by molar-refractivity contribution is 0.0697. The Morgan fingerprint density at radius 3 is 2.52 bits per heavy atom. The van der Waals surface area contributed by atoms with Crippen LogP contribution in [-0.2, 0) is 0 Å². The van der Waals surface area contributed by atoms with Gasteiger partial charge in [-0.1, -0.05) is 23.2 Å². The highest BCUT2D eigenvalue weighted by Crippen LogP contribution is 2.33. The third-order valence-electron chi connectivity index (χ3n) is 3.09. The number of hydrogen-bond acceptors (Lipinski definition) is 4. The number of carbonyl (C=O) groups is 1. The molecule has 0 aliphatic carbocycles. The van der Waals surface area contributed by atoms with Crippen LogP contribution in [0.2, 0.25) is 10.0 Å². The number of benzene rings is 2. The normalized spacial score (nSPS) is 10.5. The summed E-state index contributed by atoms with van der Waals surface area (Å²) in [7, 11) is 0. The molecule has 0 aliphatic rings. The summed E-state index contributed by atoms with van der Waals surface area (Å²) >= 11 is 13.5. The lowest BCUT2D eigenvalue weighted by Gasteiger charge is -2.03. The Morgan fingerprint density at radius 2 is 1.87 bits per heavy atom. The fraction of sp³-hybridized carbons (Fsp3) is 0. The molecule has 1 heterocycles. The zero-order chi connectivity index (χ0) is 16.4. The highest BCUT2D eigenvalue weighted by molar-refractivity contribution is 7.14. The highest BCUT2D eigenvalue weighted by Gasteiger charge is 2.09. The van der Waals surface area contributed by atoms with Crippen LogP contribution in [0.4, 0.5) is 10.8 Å². The number of aromatic carboxylic acids is 1. The first kappa shape index (κ1) is 15.8. The van der Waals surface area contributed by atoms with E-state index in [-0.39, 0.29) is 5.56 Å². The monoisotopic (exact) mass is 364 g/mol. The predicted molar refractivity (Wildman–Crippen MR) is 94.3 cm³/mol. The van der Waals surface area contributed by atoms with Gasteiger partial charge in [-0.25, -0.2) is 9.78 Å². The van der Waals surface area contributed by atoms with Gasteiger partial charge in [0.15, 0.2) is 5.13 Å². The van der Waals surface area contributed by atoms with Gasteiger partial charge in [-0.2, -0.15) is 0 Å². The third-order valence-corrected chi connectivity index (χ3v) is 4.40. The van der Waals surface area contributed by atoms with E-state index in [1.165, 1.54) is 23.5 Å². The minimum absolute atomic E-state index is 0.239. The lowest BCUT2D eigenvalue weighted by Crippen LogP contribution is -1.96. The van der Waals surface area contributed by atoms with E-state index in [0.29, 0.717) is 15.2 Å². The van der Waals surface area contributed by atoms with E-state index in [0.717, 1.165) is 16.9 Å². The average molecular weight is 365 g/mol. The Labute approximate surface area is 146 Å². The summed E-state index contributed by atoms with van der Waals surface area (Å²) in [5.41, 5.74) is 2.56. The molecule has 7 heteroatoms. The molecule has 0 saturated carbocycles. The smallest absolute Gasteiger partial charge is 0.335 e. The molecule has 0 radical (unpaired) electrons. The number of nitrogens with one attached hydrogen (secondary N) is 1. The van der Waals surface area contributed by atoms with Crippen LogP contribution < -0.4 is 5.32 Å². The molecule has 3 rings (SSSR count). The molecule has 3 aromatic rings. The van der Waals surface area contributed by atoms with Crippen LogP contribution >= 0.6 is 34.5 Å². The van der Waals surface area contributed by atoms with Gasteiger partial charge in [-0.05, 0) is 42.5 Å². The van der Waals surface area contributed by atoms with Crippen LogP contribution in [-0.4, -0.2) is 16.1 Å². The van der Waals surface area contributed by atoms with Gasteiger partial charge in [0, 0.05) is 21.7 Å². The van der Waals surface area contributed by atoms with Crippen molar-refractivity contribution in [3.05, 3.63) is 63.5 Å². The molecule has 2 N–H and O–H groups in total. The van der Waals surface area contributed by atoms with Crippen molar-refractivity contribution in [2.75, 3.05) is 5.32 Å². The molecule has 0 spiro atoms. The van der Waals surface area contributed by atoms with Gasteiger partial charge in [0.2, 0.25) is 0 Å². The molecule has 0 atom stereocenters. The van der Waals surface area contributed by atoms with Crippen LogP contribution in [0.5, 0.6) is 0 Å². The number of thiazole rings is 1. The summed E-state index contributed by atoms with van der Waals surface area (Å²) < 4.78 is 0. The predicted octanol–water partition coefficient (Wildman–Crippen LogP) is 5.56. The van der Waals surface area contributed by atoms with Gasteiger partial charge in [-0.3, -0.25) is 0 Å². The van der Waals surface area contributed by atoms with E-state index in [1.807, 2.05) is 11.4 Å². The Balaban J connectivity index is 1.80. The molecule has 23 heavy (non-hydrogen) atoms. The lowest BCUT2D eigenvalue weighted by atomic mass is 10.2. The SMILES string of the molecule is O=C(O)c1ccc(Nc2nc(-c3ccc(Cl)cc3Cl)cs2)cc1. The molecule has 0 saturated heterocycles. The molecule has 0 unspecified atom stereocenters. The number of carboxylic acids is 1. The number of rotatable bonds is 4. The maximum Gasteiger partial charge on any atom is 0.335 e. The minimum Gasteiger partial charge on any atom is -0.478 e. The Bertz CT molecular complexity index is 863. The fourth-order valence-electron chi connectivity index (χ4n) is 1.97. The van der Waals surface area contributed by atoms with Crippen molar-refractivity contribution in [2.24, 2.45) is 0 Å². The fourth-order valence-corrected chi connectivity index (χ4v) is 3.21. The van der Waals surface area contributed by atoms with Crippen molar-refractivity contribution in [1.29, 1.82) is 0 Å². The van der Waals surface area contributed by atoms with Crippen molar-refractivity contribution in [1.82, 2.24) is 4.98 Å². The van der Waals surface area contributed by atoms with E-state index >= 15 is 0 Å². The summed E-state index contributed by atoms with van der Waals surface area (Å²) in [6.45, 7) is 0. The molecular weight excluding hydrogens is 355 g/mol. The van der Waals surface area contributed by atoms with Crippen LogP contribution in [0, 0.1) is 0 Å². The molecular formula is C16H10Cl2N2O2S. The molecule has 1 aromatic heterocycles. The first-order chi connectivity index (χ1) is 11.0. The quantitative estimate of drug-likeness (QED) is 0.636. The summed E-state index contributed by atoms with van der Waals surface area (Å²) in [5.74, 6) is -0.953. The van der Waals surface area contributed by atoms with Gasteiger partial charge < -0.3 is 10.4 Å². The first-order valence-corrected chi connectivity index (χ1v) is 8.18. The maximum absolute atomic E-state index is 10.8. The molecule has 0 bridgehead atoms. The Hall–Kier alpha value is -2.08. The number of hydrogen-bond donors (Lipinski definition) is 2. The minimum atomic E-state index is -0.953. The summed E-state index contributed by atoms with van der Waals surface area (Å²) in [6.07, 6.45) is 0. The van der Waals surface area contributed by atoms with Crippen LogP contribution in [0.3, 0.4) is 0 Å².